The molecule has 1 atom stereocenters. The van der Waals surface area contributed by atoms with Crippen LogP contribution in [0, 0.1) is 0 Å². The molecule has 10 nitrogen and oxygen atoms in total. The van der Waals surface area contributed by atoms with Crippen molar-refractivity contribution in [3.8, 4) is 5.75 Å². The highest BCUT2D eigenvalue weighted by Crippen LogP contribution is 2.33. The molecule has 1 unspecified atom stereocenters. The van der Waals surface area contributed by atoms with Gasteiger partial charge in [0.25, 0.3) is 5.91 Å². The third-order valence-electron chi connectivity index (χ3n) is 6.60. The highest BCUT2D eigenvalue weighted by atomic mass is 16.5. The van der Waals surface area contributed by atoms with Gasteiger partial charge >= 0.3 is 5.97 Å². The van der Waals surface area contributed by atoms with E-state index < -0.39 is 17.9 Å². The molecular formula is C29H30N4O6. The molecule has 3 aromatic rings. The Morgan fingerprint density at radius 3 is 2.41 bits per heavy atom. The number of nitrogen functional groups attached to an aromatic ring is 1. The van der Waals surface area contributed by atoms with Crippen molar-refractivity contribution >= 4 is 29.4 Å². The van der Waals surface area contributed by atoms with E-state index in [1.54, 1.807) is 24.3 Å². The van der Waals surface area contributed by atoms with Gasteiger partial charge in [-0.25, -0.2) is 0 Å². The molecule has 1 heterocycles. The fourth-order valence-corrected chi connectivity index (χ4v) is 4.48. The SMILES string of the molecule is NC(=O)C(CCC(=O)O)N1Cc2c(OCc3ccc(CC(=O)NCc4ccccc4N)cc3)cccc2C1=O. The topological polar surface area (TPSA) is 165 Å². The second-order valence-electron chi connectivity index (χ2n) is 9.32. The predicted octanol–water partition coefficient (Wildman–Crippen LogP) is 2.38. The van der Waals surface area contributed by atoms with Crippen molar-refractivity contribution in [2.24, 2.45) is 5.73 Å². The number of primary amides is 1. The Morgan fingerprint density at radius 2 is 1.72 bits per heavy atom. The number of carboxylic acid groups (broad SMARTS) is 1. The molecule has 0 radical (unpaired) electrons. The van der Waals surface area contributed by atoms with Crippen molar-refractivity contribution in [1.82, 2.24) is 10.2 Å². The standard InChI is InChI=1S/C29H30N4O6/c30-23-6-2-1-4-20(23)15-32-26(34)14-18-8-10-19(11-9-18)17-39-25-7-3-5-21-22(25)16-33(29(21)38)24(28(31)37)12-13-27(35)36/h1-11,24H,12-17,30H2,(H2,31,37)(H,32,34)(H,35,36). The molecule has 0 bridgehead atoms. The lowest BCUT2D eigenvalue weighted by molar-refractivity contribution is -0.137. The lowest BCUT2D eigenvalue weighted by atomic mass is 10.1. The Bertz CT molecular complexity index is 1390. The van der Waals surface area contributed by atoms with Gasteiger partial charge in [-0.05, 0) is 41.3 Å². The van der Waals surface area contributed by atoms with E-state index in [9.17, 15) is 19.2 Å². The smallest absolute Gasteiger partial charge is 0.303 e. The summed E-state index contributed by atoms with van der Waals surface area (Å²) in [5.74, 6) is -1.83. The van der Waals surface area contributed by atoms with Gasteiger partial charge in [-0.15, -0.1) is 0 Å². The number of fused-ring (bicyclic) bond motifs is 1. The minimum absolute atomic E-state index is 0.0642. The van der Waals surface area contributed by atoms with Gasteiger partial charge in [0, 0.05) is 29.8 Å². The molecule has 1 aliphatic heterocycles. The number of ether oxygens (including phenoxy) is 1. The molecule has 0 fully saturated rings. The predicted molar refractivity (Wildman–Crippen MR) is 143 cm³/mol. The van der Waals surface area contributed by atoms with Crippen LogP contribution in [0.15, 0.2) is 66.7 Å². The van der Waals surface area contributed by atoms with E-state index in [4.69, 9.17) is 21.3 Å². The summed E-state index contributed by atoms with van der Waals surface area (Å²) >= 11 is 0. The van der Waals surface area contributed by atoms with Crippen LogP contribution in [-0.4, -0.2) is 39.7 Å². The van der Waals surface area contributed by atoms with Crippen LogP contribution in [0.25, 0.3) is 0 Å². The van der Waals surface area contributed by atoms with Crippen molar-refractivity contribution in [3.05, 3.63) is 94.5 Å². The number of anilines is 1. The van der Waals surface area contributed by atoms with Gasteiger partial charge in [0.15, 0.2) is 0 Å². The minimum atomic E-state index is -1.07. The van der Waals surface area contributed by atoms with Crippen molar-refractivity contribution in [3.63, 3.8) is 0 Å². The number of benzene rings is 3. The van der Waals surface area contributed by atoms with Crippen molar-refractivity contribution in [2.45, 2.75) is 45.0 Å². The highest BCUT2D eigenvalue weighted by molar-refractivity contribution is 6.01. The van der Waals surface area contributed by atoms with Crippen LogP contribution in [0.3, 0.4) is 0 Å². The molecule has 4 rings (SSSR count). The first kappa shape index (κ1) is 27.2. The molecule has 0 saturated heterocycles. The lowest BCUT2D eigenvalue weighted by Gasteiger charge is -2.24. The van der Waals surface area contributed by atoms with Gasteiger partial charge in [0.1, 0.15) is 18.4 Å². The number of carboxylic acids is 1. The molecule has 6 N–H and O–H groups in total. The Kier molecular flexibility index (Phi) is 8.45. The minimum Gasteiger partial charge on any atom is -0.489 e. The van der Waals surface area contributed by atoms with E-state index in [1.807, 2.05) is 42.5 Å². The van der Waals surface area contributed by atoms with Crippen LogP contribution >= 0.6 is 0 Å². The zero-order chi connectivity index (χ0) is 27.9. The summed E-state index contributed by atoms with van der Waals surface area (Å²) in [5, 5.41) is 11.9. The van der Waals surface area contributed by atoms with E-state index in [0.717, 1.165) is 16.7 Å². The fraction of sp³-hybridized carbons (Fsp3) is 0.241. The summed E-state index contributed by atoms with van der Waals surface area (Å²) in [6.07, 6.45) is -0.122. The second-order valence-corrected chi connectivity index (χ2v) is 9.32. The monoisotopic (exact) mass is 530 g/mol. The average molecular weight is 531 g/mol. The molecule has 0 aliphatic carbocycles. The lowest BCUT2D eigenvalue weighted by Crippen LogP contribution is -2.45. The first-order chi connectivity index (χ1) is 18.7. The van der Waals surface area contributed by atoms with E-state index >= 15 is 0 Å². The normalized spacial score (nSPS) is 13.0. The maximum absolute atomic E-state index is 13.0. The van der Waals surface area contributed by atoms with E-state index in [0.29, 0.717) is 29.1 Å². The third-order valence-corrected chi connectivity index (χ3v) is 6.60. The Morgan fingerprint density at radius 1 is 1.00 bits per heavy atom. The van der Waals surface area contributed by atoms with E-state index in [-0.39, 0.29) is 44.2 Å². The molecule has 0 spiro atoms. The van der Waals surface area contributed by atoms with Gasteiger partial charge in [0.05, 0.1) is 13.0 Å². The number of nitrogens with two attached hydrogens (primary N) is 2. The fourth-order valence-electron chi connectivity index (χ4n) is 4.48. The first-order valence-electron chi connectivity index (χ1n) is 12.5. The number of hydrogen-bond donors (Lipinski definition) is 4. The summed E-state index contributed by atoms with van der Waals surface area (Å²) in [6.45, 7) is 0.682. The van der Waals surface area contributed by atoms with Gasteiger partial charge < -0.3 is 31.5 Å². The van der Waals surface area contributed by atoms with Crippen LogP contribution < -0.4 is 21.5 Å². The number of nitrogens with one attached hydrogen (secondary N) is 1. The van der Waals surface area contributed by atoms with E-state index in [1.165, 1.54) is 4.90 Å². The second kappa shape index (κ2) is 12.1. The number of carbonyl (C=O) groups excluding carboxylic acids is 3. The molecule has 39 heavy (non-hydrogen) atoms. The average Bonchev–Trinajstić information content (AvgIpc) is 3.24. The van der Waals surface area contributed by atoms with Crippen molar-refractivity contribution in [2.75, 3.05) is 5.73 Å². The van der Waals surface area contributed by atoms with Crippen LogP contribution in [-0.2, 0) is 40.5 Å². The summed E-state index contributed by atoms with van der Waals surface area (Å²) in [6, 6.07) is 18.9. The number of amides is 3. The zero-order valence-corrected chi connectivity index (χ0v) is 21.3. The molecule has 10 heteroatoms. The molecule has 0 saturated carbocycles. The zero-order valence-electron chi connectivity index (χ0n) is 21.3. The summed E-state index contributed by atoms with van der Waals surface area (Å²) in [5.41, 5.74) is 15.6. The van der Waals surface area contributed by atoms with Gasteiger partial charge in [-0.3, -0.25) is 19.2 Å². The van der Waals surface area contributed by atoms with Gasteiger partial charge in [0.2, 0.25) is 11.8 Å². The summed E-state index contributed by atoms with van der Waals surface area (Å²) in [4.78, 5) is 49.6. The molecule has 3 aromatic carbocycles. The van der Waals surface area contributed by atoms with Crippen LogP contribution in [0.5, 0.6) is 5.75 Å². The summed E-state index contributed by atoms with van der Waals surface area (Å²) < 4.78 is 6.01. The van der Waals surface area contributed by atoms with E-state index in [2.05, 4.69) is 5.32 Å². The van der Waals surface area contributed by atoms with Crippen LogP contribution in [0.1, 0.15) is 45.5 Å². The Labute approximate surface area is 225 Å². The number of carbonyl (C=O) groups is 4. The summed E-state index contributed by atoms with van der Waals surface area (Å²) in [7, 11) is 0. The third kappa shape index (κ3) is 6.72. The first-order valence-corrected chi connectivity index (χ1v) is 12.5. The highest BCUT2D eigenvalue weighted by Gasteiger charge is 2.37. The number of aliphatic carboxylic acids is 1. The maximum atomic E-state index is 13.0. The van der Waals surface area contributed by atoms with Crippen molar-refractivity contribution < 1.29 is 29.0 Å². The van der Waals surface area contributed by atoms with Crippen LogP contribution in [0.2, 0.25) is 0 Å². The Balaban J connectivity index is 1.34. The number of hydrogen-bond acceptors (Lipinski definition) is 6. The maximum Gasteiger partial charge on any atom is 0.303 e. The van der Waals surface area contributed by atoms with Gasteiger partial charge in [-0.1, -0.05) is 48.5 Å². The van der Waals surface area contributed by atoms with Crippen LogP contribution in [0.4, 0.5) is 5.69 Å². The molecule has 1 aliphatic rings. The van der Waals surface area contributed by atoms with Crippen molar-refractivity contribution in [1.29, 1.82) is 0 Å². The van der Waals surface area contributed by atoms with Gasteiger partial charge in [-0.2, -0.15) is 0 Å². The molecule has 3 amide bonds. The molecular weight excluding hydrogens is 500 g/mol. The number of nitrogens with zero attached hydrogens (tertiary/aromatic N) is 1. The molecule has 0 aromatic heterocycles. The number of rotatable bonds is 12. The largest absolute Gasteiger partial charge is 0.489 e. The Hall–Kier alpha value is -4.86. The quantitative estimate of drug-likeness (QED) is 0.261. The molecule has 202 valence electrons. The number of para-hydroxylation sites is 1.